The van der Waals surface area contributed by atoms with Gasteiger partial charge in [-0.15, -0.1) is 11.3 Å². The quantitative estimate of drug-likeness (QED) is 0.00402. The molecule has 2 aromatic carbocycles. The number of hydrazine groups is 1. The molecule has 1 unspecified atom stereocenters. The van der Waals surface area contributed by atoms with Gasteiger partial charge in [0.1, 0.15) is 35.1 Å². The van der Waals surface area contributed by atoms with Crippen molar-refractivity contribution in [3.63, 3.8) is 0 Å². The van der Waals surface area contributed by atoms with Crippen molar-refractivity contribution < 1.29 is 107 Å². The molecular formula is C84H129N17O22S3. The van der Waals surface area contributed by atoms with Crippen molar-refractivity contribution in [2.75, 3.05) is 58.1 Å². The Morgan fingerprint density at radius 2 is 1.34 bits per heavy atom. The Bertz CT molecular complexity index is 4070. The van der Waals surface area contributed by atoms with Crippen molar-refractivity contribution in [1.82, 2.24) is 68.2 Å². The maximum Gasteiger partial charge on any atom is 0.426 e. The van der Waals surface area contributed by atoms with Crippen LogP contribution in [0.2, 0.25) is 0 Å². The minimum atomic E-state index is -1.48. The number of aromatic nitrogens is 1. The van der Waals surface area contributed by atoms with E-state index in [1.807, 2.05) is 46.6 Å². The van der Waals surface area contributed by atoms with Crippen LogP contribution >= 0.6 is 32.9 Å². The lowest BCUT2D eigenvalue weighted by atomic mass is 9.82. The molecule has 1 fully saturated rings. The molecule has 0 bridgehead atoms. The van der Waals surface area contributed by atoms with Crippen LogP contribution in [0.15, 0.2) is 53.9 Å². The van der Waals surface area contributed by atoms with Gasteiger partial charge in [-0.3, -0.25) is 69.1 Å². The predicted molar refractivity (Wildman–Crippen MR) is 473 cm³/mol. The second kappa shape index (κ2) is 58.4. The number of benzene rings is 2. The van der Waals surface area contributed by atoms with Crippen molar-refractivity contribution in [3.8, 4) is 5.75 Å². The average Bonchev–Trinajstić information content (AvgIpc) is 1.30. The second-order valence-corrected chi connectivity index (χ2v) is 35.2. The second-order valence-electron chi connectivity index (χ2n) is 31.6. The van der Waals surface area contributed by atoms with Gasteiger partial charge < -0.3 is 93.5 Å². The van der Waals surface area contributed by atoms with E-state index in [4.69, 9.17) is 41.6 Å². The molecule has 1 saturated heterocycles. The fourth-order valence-electron chi connectivity index (χ4n) is 13.8. The summed E-state index contributed by atoms with van der Waals surface area (Å²) in [7, 11) is 4.04. The average molecular weight is 1830 g/mol. The van der Waals surface area contributed by atoms with E-state index in [0.717, 1.165) is 52.3 Å². The molecule has 0 spiro atoms. The molecule has 0 aliphatic carbocycles. The topological polar surface area (TPSA) is 604 Å². The number of amides is 10. The van der Waals surface area contributed by atoms with Gasteiger partial charge in [-0.2, -0.15) is 0 Å². The molecule has 126 heavy (non-hydrogen) atoms. The first-order valence-electron chi connectivity index (χ1n) is 42.6. The first kappa shape index (κ1) is 107. The zero-order valence-corrected chi connectivity index (χ0v) is 75.6. The number of esters is 2. The Morgan fingerprint density at radius 1 is 0.683 bits per heavy atom. The molecule has 700 valence electrons. The Balaban J connectivity index is 1.34. The zero-order valence-electron chi connectivity index (χ0n) is 73.1. The van der Waals surface area contributed by atoms with Crippen molar-refractivity contribution >= 4 is 134 Å². The Hall–Kier alpha value is -10.9. The van der Waals surface area contributed by atoms with Crippen molar-refractivity contribution in [2.24, 2.45) is 41.1 Å². The molecule has 1 aromatic heterocycles. The smallest absolute Gasteiger partial charge is 0.426 e. The third-order valence-corrected chi connectivity index (χ3v) is 24.3. The molecule has 1 aliphatic heterocycles. The maximum absolute atomic E-state index is 15.1. The van der Waals surface area contributed by atoms with Gasteiger partial charge in [-0.1, -0.05) is 119 Å². The van der Waals surface area contributed by atoms with Crippen LogP contribution < -0.4 is 64.9 Å². The monoisotopic (exact) mass is 1820 g/mol. The zero-order chi connectivity index (χ0) is 93.4. The van der Waals surface area contributed by atoms with E-state index in [-0.39, 0.29) is 186 Å². The number of guanidine groups is 1. The van der Waals surface area contributed by atoms with E-state index in [1.165, 1.54) is 29.3 Å². The number of carboxylic acid groups (broad SMARTS) is 3. The van der Waals surface area contributed by atoms with Crippen LogP contribution in [0.25, 0.3) is 0 Å². The molecule has 3 aromatic rings. The number of carbonyl (C=O) groups is 15. The minimum Gasteiger partial charge on any atom is -0.508 e. The van der Waals surface area contributed by atoms with Gasteiger partial charge in [0.15, 0.2) is 30.4 Å². The fraction of sp³-hybridized carbons (Fsp3) is 0.619. The first-order valence-corrected chi connectivity index (χ1v) is 46.0. The number of phenolic OH excluding ortho intramolecular Hbond substituents is 1. The van der Waals surface area contributed by atoms with Crippen LogP contribution in [-0.2, 0) is 86.3 Å². The lowest BCUT2D eigenvalue weighted by molar-refractivity contribution is -0.162. The number of likely N-dealkylation sites (tertiary alicyclic amines) is 1. The number of ketones is 2. The molecule has 2 heterocycles. The Kier molecular flexibility index (Phi) is 49.8. The molecule has 20 N–H and O–H groups in total. The SMILES string of the molecule is CCCC(=O)OCN(C(=O)[C@@H](CC(=O)[C@H]1CCCCN1C)C(C)CC)[C@H](C[C@@H](OC(C)=O)c1nc(C(=O)N[C@@H](Cc2ccc(O)cc2)C[C@H](C)C(=O)NNC(=O)OCCSSC[C@H](NC(=O)[C@H](CCCNC(=N)N)CC(=O)[C@H](CCCCC(=N)N)NC(=O)Cc2ccc(CNC(=O)NCCCC[C@H](NC(=O)NCCCC(=O)O)C(=O)O)cc2)C(=O)O)cs1)C(C)C. The highest BCUT2D eigenvalue weighted by atomic mass is 33.1. The number of aromatic hydroxyl groups is 1. The van der Waals surface area contributed by atoms with E-state index in [2.05, 4.69) is 58.4 Å². The van der Waals surface area contributed by atoms with Crippen molar-refractivity contribution in [2.45, 2.75) is 245 Å². The number of hydrogen-bond donors (Lipinski definition) is 18. The first-order chi connectivity index (χ1) is 59.9. The van der Waals surface area contributed by atoms with Gasteiger partial charge >= 0.3 is 48.0 Å². The third kappa shape index (κ3) is 42.4. The molecule has 4 rings (SSSR count). The molecule has 0 radical (unpaired) electrons. The highest BCUT2D eigenvalue weighted by Crippen LogP contribution is 2.35. The van der Waals surface area contributed by atoms with Gasteiger partial charge in [0.05, 0.1) is 24.3 Å². The van der Waals surface area contributed by atoms with E-state index in [9.17, 15) is 82.4 Å². The number of hydrogen-bond acceptors (Lipinski definition) is 26. The van der Waals surface area contributed by atoms with Crippen LogP contribution in [0.1, 0.15) is 222 Å². The number of thiazole rings is 1. The number of ether oxygens (including phenoxy) is 3. The summed E-state index contributed by atoms with van der Waals surface area (Å²) in [5.74, 6) is -12.4. The standard InChI is InChI=1S/C84H129N17O22S3/c1-9-19-73(109)122-49-101(78(113)60(51(5)10-2)44-68(105)65-23-14-16-37-100(65)8)66(50(3)4)45-69(123-53(7)102)77-96-63(47-124-77)76(112)93-58(41-54-30-32-59(103)33-31-54)40-52(6)74(110)98-99-84(120)121-38-39-125-126-48-64(80(116)117)95-75(111)57(20-17-35-89-81(87)88)43-67(104)61(21-11-12-24-70(85)86)94-71(106)42-55-26-28-56(29-27-55)46-92-82(118)90-34-15-13-22-62(79(114)115)97-83(119)91-36-18-25-72(107)108/h26-33,47,50-52,57-58,60-62,64-66,69,103H,9-25,34-46,48-49H2,1-8H3,(H3,85,86)(H,93,112)(H,94,106)(H,95,111)(H,98,110)(H,99,120)(H,107,108)(H,114,115)(H,116,117)(H4,87,88,89)(H2,90,92,118)(H2,91,97,119)/t51?,52-,57+,58+,60-,61-,62-,64-,65+,66+,69+/m0/s1. The number of amidine groups is 1. The number of nitrogens with one attached hydrogen (secondary N) is 12. The number of carboxylic acids is 3. The largest absolute Gasteiger partial charge is 0.508 e. The number of rotatable bonds is 60. The number of piperidine rings is 1. The van der Waals surface area contributed by atoms with Crippen molar-refractivity contribution in [1.29, 1.82) is 10.8 Å². The lowest BCUT2D eigenvalue weighted by Crippen LogP contribution is -2.50. The van der Waals surface area contributed by atoms with Gasteiger partial charge in [-0.25, -0.2) is 34.4 Å². The van der Waals surface area contributed by atoms with Crippen LogP contribution in [0.5, 0.6) is 5.75 Å². The summed E-state index contributed by atoms with van der Waals surface area (Å²) in [6.45, 7) is 12.8. The summed E-state index contributed by atoms with van der Waals surface area (Å²) in [6.07, 6.45) is 3.14. The summed E-state index contributed by atoms with van der Waals surface area (Å²) in [5.41, 5.74) is 17.4. The number of unbranched alkanes of at least 4 members (excludes halogenated alkanes) is 2. The van der Waals surface area contributed by atoms with Gasteiger partial charge in [0.25, 0.3) is 5.91 Å². The van der Waals surface area contributed by atoms with E-state index >= 15 is 4.79 Å². The lowest BCUT2D eigenvalue weighted by Gasteiger charge is -2.39. The number of urea groups is 2. The number of nitrogens with two attached hydrogens (primary N) is 2. The minimum absolute atomic E-state index is 0.00422. The van der Waals surface area contributed by atoms with Gasteiger partial charge in [0.2, 0.25) is 23.6 Å². The molecule has 42 heteroatoms. The van der Waals surface area contributed by atoms with E-state index < -0.39 is 145 Å². The number of Topliss-reactive ketones (excluding diaryl/α,β-unsaturated/α-hetero) is 2. The molecule has 11 atom stereocenters. The summed E-state index contributed by atoms with van der Waals surface area (Å²) >= 11 is 1.03. The predicted octanol–water partition coefficient (Wildman–Crippen LogP) is 6.83. The van der Waals surface area contributed by atoms with Gasteiger partial charge in [-0.05, 0) is 138 Å². The number of likely N-dealkylation sites (N-methyl/N-ethyl adjacent to an activating group) is 1. The molecular weight excluding hydrogens is 1700 g/mol. The van der Waals surface area contributed by atoms with Crippen LogP contribution in [0.3, 0.4) is 0 Å². The highest BCUT2D eigenvalue weighted by molar-refractivity contribution is 8.76. The molecule has 10 amide bonds. The Morgan fingerprint density at radius 3 is 1.98 bits per heavy atom. The molecule has 0 saturated carbocycles. The van der Waals surface area contributed by atoms with Crippen LogP contribution in [-0.4, -0.2) is 230 Å². The highest BCUT2D eigenvalue weighted by Gasteiger charge is 2.41. The number of phenols is 1. The summed E-state index contributed by atoms with van der Waals surface area (Å²) < 4.78 is 16.9. The molecule has 39 nitrogen and oxygen atoms in total. The van der Waals surface area contributed by atoms with Crippen LogP contribution in [0.4, 0.5) is 14.4 Å². The normalized spacial score (nSPS) is 14.9. The van der Waals surface area contributed by atoms with Crippen LogP contribution in [0, 0.1) is 40.4 Å². The number of nitrogens with zero attached hydrogens (tertiary/aromatic N) is 3. The Labute approximate surface area is 746 Å². The summed E-state index contributed by atoms with van der Waals surface area (Å²) in [6, 6.07) is 5.98. The number of aliphatic carboxylic acids is 3. The summed E-state index contributed by atoms with van der Waals surface area (Å²) in [4.78, 5) is 206. The van der Waals surface area contributed by atoms with Crippen molar-refractivity contribution in [3.05, 3.63) is 81.3 Å². The van der Waals surface area contributed by atoms with E-state index in [1.54, 1.807) is 43.3 Å². The van der Waals surface area contributed by atoms with Gasteiger partial charge in [0, 0.05) is 118 Å². The van der Waals surface area contributed by atoms with E-state index in [0.29, 0.717) is 61.6 Å². The maximum atomic E-state index is 15.1. The fourth-order valence-corrected chi connectivity index (χ4v) is 16.6. The molecule has 1 aliphatic rings. The number of carbonyl (C=O) groups excluding carboxylic acids is 12. The third-order valence-electron chi connectivity index (χ3n) is 21.0. The summed E-state index contributed by atoms with van der Waals surface area (Å²) in [5, 5.41) is 76.6.